The fourth-order valence-corrected chi connectivity index (χ4v) is 2.73. The molecule has 20 heavy (non-hydrogen) atoms. The molecule has 1 aromatic carbocycles. The first kappa shape index (κ1) is 14.9. The number of piperidine rings is 1. The standard InChI is InChI=1S/C16H24N2O2/c1-20-15-7-5-6-13(11-15)10-14(12-17)16(19)18-8-3-2-4-9-18/h5-7,11,14H,2-4,8-10,12,17H2,1H3. The Bertz CT molecular complexity index is 442. The molecule has 1 atom stereocenters. The van der Waals surface area contributed by atoms with Crippen LogP contribution in [0.3, 0.4) is 0 Å². The maximum Gasteiger partial charge on any atom is 0.227 e. The molecule has 110 valence electrons. The number of carbonyl (C=O) groups excluding carboxylic acids is 1. The van der Waals surface area contributed by atoms with Gasteiger partial charge < -0.3 is 15.4 Å². The molecule has 1 saturated heterocycles. The van der Waals surface area contributed by atoms with E-state index in [9.17, 15) is 4.79 Å². The van der Waals surface area contributed by atoms with E-state index in [1.165, 1.54) is 6.42 Å². The van der Waals surface area contributed by atoms with Crippen molar-refractivity contribution < 1.29 is 9.53 Å². The summed E-state index contributed by atoms with van der Waals surface area (Å²) in [6.45, 7) is 2.16. The van der Waals surface area contributed by atoms with Crippen LogP contribution in [0, 0.1) is 5.92 Å². The molecule has 1 heterocycles. The summed E-state index contributed by atoms with van der Waals surface area (Å²) in [7, 11) is 1.65. The normalized spacial score (nSPS) is 16.8. The predicted octanol–water partition coefficient (Wildman–Crippen LogP) is 1.83. The lowest BCUT2D eigenvalue weighted by Gasteiger charge is -2.30. The average molecular weight is 276 g/mol. The molecule has 0 radical (unpaired) electrons. The summed E-state index contributed by atoms with van der Waals surface area (Å²) in [6.07, 6.45) is 4.14. The minimum Gasteiger partial charge on any atom is -0.497 e. The van der Waals surface area contributed by atoms with Crippen LogP contribution in [0.25, 0.3) is 0 Å². The first-order chi connectivity index (χ1) is 9.74. The third-order valence-corrected chi connectivity index (χ3v) is 3.92. The van der Waals surface area contributed by atoms with Crippen LogP contribution in [-0.2, 0) is 11.2 Å². The topological polar surface area (TPSA) is 55.6 Å². The Balaban J connectivity index is 2.01. The molecular formula is C16H24N2O2. The molecule has 1 aliphatic rings. The van der Waals surface area contributed by atoms with E-state index in [0.29, 0.717) is 13.0 Å². The number of hydrogen-bond donors (Lipinski definition) is 1. The van der Waals surface area contributed by atoms with E-state index in [4.69, 9.17) is 10.5 Å². The zero-order valence-corrected chi connectivity index (χ0v) is 12.2. The number of ether oxygens (including phenoxy) is 1. The molecule has 1 unspecified atom stereocenters. The van der Waals surface area contributed by atoms with Crippen LogP contribution >= 0.6 is 0 Å². The van der Waals surface area contributed by atoms with Crippen LogP contribution in [0.4, 0.5) is 0 Å². The summed E-state index contributed by atoms with van der Waals surface area (Å²) in [6, 6.07) is 7.86. The monoisotopic (exact) mass is 276 g/mol. The van der Waals surface area contributed by atoms with E-state index < -0.39 is 0 Å². The van der Waals surface area contributed by atoms with Crippen molar-refractivity contribution in [1.82, 2.24) is 4.90 Å². The highest BCUT2D eigenvalue weighted by molar-refractivity contribution is 5.79. The van der Waals surface area contributed by atoms with Gasteiger partial charge in [-0.1, -0.05) is 12.1 Å². The smallest absolute Gasteiger partial charge is 0.227 e. The van der Waals surface area contributed by atoms with Crippen LogP contribution in [0.15, 0.2) is 24.3 Å². The van der Waals surface area contributed by atoms with Crippen molar-refractivity contribution in [2.75, 3.05) is 26.7 Å². The zero-order valence-electron chi connectivity index (χ0n) is 12.2. The van der Waals surface area contributed by atoms with Gasteiger partial charge in [0.05, 0.1) is 13.0 Å². The lowest BCUT2D eigenvalue weighted by Crippen LogP contribution is -2.42. The van der Waals surface area contributed by atoms with Crippen molar-refractivity contribution in [3.05, 3.63) is 29.8 Å². The maximum atomic E-state index is 12.5. The largest absolute Gasteiger partial charge is 0.497 e. The second-order valence-electron chi connectivity index (χ2n) is 5.37. The molecular weight excluding hydrogens is 252 g/mol. The minimum absolute atomic E-state index is 0.125. The molecule has 0 saturated carbocycles. The van der Waals surface area contributed by atoms with Crippen LogP contribution in [0.5, 0.6) is 5.75 Å². The van der Waals surface area contributed by atoms with Crippen LogP contribution in [-0.4, -0.2) is 37.6 Å². The Morgan fingerprint density at radius 2 is 2.10 bits per heavy atom. The third-order valence-electron chi connectivity index (χ3n) is 3.92. The van der Waals surface area contributed by atoms with E-state index in [-0.39, 0.29) is 11.8 Å². The molecule has 1 amide bonds. The van der Waals surface area contributed by atoms with E-state index in [1.807, 2.05) is 29.2 Å². The Kier molecular flexibility index (Phi) is 5.41. The van der Waals surface area contributed by atoms with Gasteiger partial charge in [0, 0.05) is 19.6 Å². The van der Waals surface area contributed by atoms with Crippen molar-refractivity contribution in [3.63, 3.8) is 0 Å². The summed E-state index contributed by atoms with van der Waals surface area (Å²) in [5.41, 5.74) is 6.92. The number of nitrogens with zero attached hydrogens (tertiary/aromatic N) is 1. The lowest BCUT2D eigenvalue weighted by molar-refractivity contribution is -0.136. The van der Waals surface area contributed by atoms with Crippen molar-refractivity contribution in [3.8, 4) is 5.75 Å². The number of carbonyl (C=O) groups is 1. The number of methoxy groups -OCH3 is 1. The predicted molar refractivity (Wildman–Crippen MR) is 79.7 cm³/mol. The second kappa shape index (κ2) is 7.29. The fourth-order valence-electron chi connectivity index (χ4n) is 2.73. The van der Waals surface area contributed by atoms with E-state index >= 15 is 0 Å². The van der Waals surface area contributed by atoms with Gasteiger partial charge in [0.2, 0.25) is 5.91 Å². The Morgan fingerprint density at radius 3 is 2.75 bits per heavy atom. The van der Waals surface area contributed by atoms with Crippen molar-refractivity contribution in [1.29, 1.82) is 0 Å². The molecule has 2 N–H and O–H groups in total. The van der Waals surface area contributed by atoms with Gasteiger partial charge in [0.25, 0.3) is 0 Å². The van der Waals surface area contributed by atoms with Gasteiger partial charge in [0.15, 0.2) is 0 Å². The quantitative estimate of drug-likeness (QED) is 0.892. The second-order valence-corrected chi connectivity index (χ2v) is 5.37. The zero-order chi connectivity index (χ0) is 14.4. The lowest BCUT2D eigenvalue weighted by atomic mass is 9.96. The first-order valence-electron chi connectivity index (χ1n) is 7.36. The van der Waals surface area contributed by atoms with Crippen molar-refractivity contribution in [2.45, 2.75) is 25.7 Å². The number of amides is 1. The number of rotatable bonds is 5. The molecule has 4 nitrogen and oxygen atoms in total. The van der Waals surface area contributed by atoms with Gasteiger partial charge in [0.1, 0.15) is 5.75 Å². The Hall–Kier alpha value is -1.55. The highest BCUT2D eigenvalue weighted by atomic mass is 16.5. The van der Waals surface area contributed by atoms with E-state index in [0.717, 1.165) is 37.2 Å². The SMILES string of the molecule is COc1cccc(CC(CN)C(=O)N2CCCCC2)c1. The van der Waals surface area contributed by atoms with E-state index in [1.54, 1.807) is 7.11 Å². The fraction of sp³-hybridized carbons (Fsp3) is 0.562. The summed E-state index contributed by atoms with van der Waals surface area (Å²) in [5.74, 6) is 0.902. The van der Waals surface area contributed by atoms with Gasteiger partial charge in [-0.3, -0.25) is 4.79 Å². The molecule has 1 aliphatic heterocycles. The summed E-state index contributed by atoms with van der Waals surface area (Å²) < 4.78 is 5.22. The molecule has 4 heteroatoms. The summed E-state index contributed by atoms with van der Waals surface area (Å²) in [5, 5.41) is 0. The summed E-state index contributed by atoms with van der Waals surface area (Å²) >= 11 is 0. The Morgan fingerprint density at radius 1 is 1.35 bits per heavy atom. The van der Waals surface area contributed by atoms with Crippen LogP contribution in [0.1, 0.15) is 24.8 Å². The highest BCUT2D eigenvalue weighted by Crippen LogP contribution is 2.18. The van der Waals surface area contributed by atoms with Gasteiger partial charge in [-0.2, -0.15) is 0 Å². The number of benzene rings is 1. The van der Waals surface area contributed by atoms with E-state index in [2.05, 4.69) is 0 Å². The van der Waals surface area contributed by atoms with Crippen LogP contribution < -0.4 is 10.5 Å². The first-order valence-corrected chi connectivity index (χ1v) is 7.36. The van der Waals surface area contributed by atoms with Gasteiger partial charge >= 0.3 is 0 Å². The average Bonchev–Trinajstić information content (AvgIpc) is 2.53. The Labute approximate surface area is 120 Å². The molecule has 2 rings (SSSR count). The van der Waals surface area contributed by atoms with Gasteiger partial charge in [-0.05, 0) is 43.4 Å². The number of nitrogens with two attached hydrogens (primary N) is 1. The molecule has 1 aromatic rings. The maximum absolute atomic E-state index is 12.5. The van der Waals surface area contributed by atoms with Gasteiger partial charge in [-0.25, -0.2) is 0 Å². The minimum atomic E-state index is -0.125. The van der Waals surface area contributed by atoms with Gasteiger partial charge in [-0.15, -0.1) is 0 Å². The number of hydrogen-bond acceptors (Lipinski definition) is 3. The molecule has 0 spiro atoms. The third kappa shape index (κ3) is 3.73. The summed E-state index contributed by atoms with van der Waals surface area (Å²) in [4.78, 5) is 14.5. The highest BCUT2D eigenvalue weighted by Gasteiger charge is 2.24. The molecule has 0 aromatic heterocycles. The molecule has 0 aliphatic carbocycles. The van der Waals surface area contributed by atoms with Crippen molar-refractivity contribution >= 4 is 5.91 Å². The number of likely N-dealkylation sites (tertiary alicyclic amines) is 1. The molecule has 0 bridgehead atoms. The molecule has 1 fully saturated rings. The van der Waals surface area contributed by atoms with Crippen LogP contribution in [0.2, 0.25) is 0 Å². The van der Waals surface area contributed by atoms with Crippen molar-refractivity contribution in [2.24, 2.45) is 11.7 Å².